The number of rotatable bonds is 10. The fourth-order valence-corrected chi connectivity index (χ4v) is 3.58. The van der Waals surface area contributed by atoms with E-state index in [1.165, 1.54) is 0 Å². The molecule has 1 aromatic heterocycles. The number of methoxy groups -OCH3 is 3. The molecule has 3 aromatic rings. The first-order valence-corrected chi connectivity index (χ1v) is 9.71. The number of fused-ring (bicyclic) bond motifs is 1. The molecule has 29 heavy (non-hydrogen) atoms. The second-order valence-corrected chi connectivity index (χ2v) is 6.85. The van der Waals surface area contributed by atoms with Crippen molar-refractivity contribution in [1.82, 2.24) is 10.3 Å². The average molecular weight is 396 g/mol. The Morgan fingerprint density at radius 1 is 1.07 bits per heavy atom. The molecule has 2 N–H and O–H groups in total. The third-order valence-corrected chi connectivity index (χ3v) is 5.05. The lowest BCUT2D eigenvalue weighted by Gasteiger charge is -2.20. The van der Waals surface area contributed by atoms with Gasteiger partial charge in [-0.05, 0) is 24.1 Å². The van der Waals surface area contributed by atoms with Gasteiger partial charge in [0.15, 0.2) is 0 Å². The number of carbonyl (C=O) groups excluding carboxylic acids is 1. The van der Waals surface area contributed by atoms with Gasteiger partial charge in [0.05, 0.1) is 14.2 Å². The smallest absolute Gasteiger partial charge is 0.220 e. The number of ether oxygens (including phenoxy) is 3. The molecule has 1 atom stereocenters. The second-order valence-electron chi connectivity index (χ2n) is 6.85. The molecule has 1 unspecified atom stereocenters. The minimum Gasteiger partial charge on any atom is -0.497 e. The Labute approximate surface area is 171 Å². The number of H-pyrrole nitrogens is 1. The zero-order valence-corrected chi connectivity index (χ0v) is 17.2. The van der Waals surface area contributed by atoms with Crippen LogP contribution >= 0.6 is 0 Å². The molecule has 3 rings (SSSR count). The monoisotopic (exact) mass is 396 g/mol. The number of hydrogen-bond donors (Lipinski definition) is 2. The number of nitrogens with one attached hydrogen (secondary N) is 2. The maximum atomic E-state index is 12.7. The lowest BCUT2D eigenvalue weighted by molar-refractivity contribution is -0.121. The highest BCUT2D eigenvalue weighted by Gasteiger charge is 2.24. The summed E-state index contributed by atoms with van der Waals surface area (Å²) in [4.78, 5) is 16.0. The van der Waals surface area contributed by atoms with Gasteiger partial charge in [0.1, 0.15) is 11.5 Å². The predicted molar refractivity (Wildman–Crippen MR) is 114 cm³/mol. The van der Waals surface area contributed by atoms with Gasteiger partial charge in [-0.3, -0.25) is 4.79 Å². The van der Waals surface area contributed by atoms with Crippen molar-refractivity contribution in [2.75, 3.05) is 34.5 Å². The van der Waals surface area contributed by atoms with Gasteiger partial charge in [0, 0.05) is 61.3 Å². The number of aromatic nitrogens is 1. The molecular weight excluding hydrogens is 368 g/mol. The number of amides is 1. The van der Waals surface area contributed by atoms with Crippen LogP contribution in [0.5, 0.6) is 11.5 Å². The fraction of sp³-hybridized carbons (Fsp3) is 0.348. The number of aromatic amines is 1. The fourth-order valence-electron chi connectivity index (χ4n) is 3.58. The van der Waals surface area contributed by atoms with Crippen LogP contribution < -0.4 is 14.8 Å². The summed E-state index contributed by atoms with van der Waals surface area (Å²) >= 11 is 0. The summed E-state index contributed by atoms with van der Waals surface area (Å²) in [6, 6.07) is 13.8. The number of hydrogen-bond acceptors (Lipinski definition) is 4. The Hall–Kier alpha value is -2.99. The van der Waals surface area contributed by atoms with Crippen molar-refractivity contribution in [3.05, 3.63) is 59.8 Å². The third kappa shape index (κ3) is 4.90. The van der Waals surface area contributed by atoms with Gasteiger partial charge < -0.3 is 24.5 Å². The summed E-state index contributed by atoms with van der Waals surface area (Å²) in [6.07, 6.45) is 3.08. The molecule has 0 bridgehead atoms. The van der Waals surface area contributed by atoms with Gasteiger partial charge >= 0.3 is 0 Å². The molecule has 0 fully saturated rings. The molecule has 1 amide bonds. The van der Waals surface area contributed by atoms with E-state index in [0.717, 1.165) is 28.5 Å². The zero-order valence-electron chi connectivity index (χ0n) is 17.2. The normalized spacial score (nSPS) is 12.0. The van der Waals surface area contributed by atoms with Crippen molar-refractivity contribution in [3.63, 3.8) is 0 Å². The molecule has 0 radical (unpaired) electrons. The quantitative estimate of drug-likeness (QED) is 0.511. The van der Waals surface area contributed by atoms with E-state index in [2.05, 4.69) is 16.4 Å². The molecule has 0 aliphatic heterocycles. The maximum Gasteiger partial charge on any atom is 0.220 e. The molecule has 0 saturated carbocycles. The molecule has 1 heterocycles. The van der Waals surface area contributed by atoms with Crippen molar-refractivity contribution in [2.45, 2.75) is 18.8 Å². The van der Waals surface area contributed by atoms with Gasteiger partial charge in [-0.25, -0.2) is 0 Å². The van der Waals surface area contributed by atoms with Crippen LogP contribution in [0.4, 0.5) is 0 Å². The van der Waals surface area contributed by atoms with Gasteiger partial charge in [-0.15, -0.1) is 0 Å². The molecule has 6 heteroatoms. The van der Waals surface area contributed by atoms with Crippen molar-refractivity contribution in [1.29, 1.82) is 0 Å². The molecule has 0 saturated heterocycles. The first-order chi connectivity index (χ1) is 14.2. The number of benzene rings is 2. The Morgan fingerprint density at radius 2 is 1.90 bits per heavy atom. The third-order valence-electron chi connectivity index (χ3n) is 5.05. The van der Waals surface area contributed by atoms with E-state index >= 15 is 0 Å². The average Bonchev–Trinajstić information content (AvgIpc) is 3.18. The lowest BCUT2D eigenvalue weighted by atomic mass is 9.87. The van der Waals surface area contributed by atoms with Crippen LogP contribution in [0, 0.1) is 0 Å². The van der Waals surface area contributed by atoms with Gasteiger partial charge in [0.25, 0.3) is 0 Å². The van der Waals surface area contributed by atoms with Gasteiger partial charge in [-0.1, -0.05) is 24.3 Å². The zero-order chi connectivity index (χ0) is 20.6. The number of para-hydroxylation sites is 1. The van der Waals surface area contributed by atoms with E-state index in [-0.39, 0.29) is 11.8 Å². The number of carbonyl (C=O) groups is 1. The highest BCUT2D eigenvalue weighted by atomic mass is 16.5. The van der Waals surface area contributed by atoms with Crippen LogP contribution in [0.15, 0.2) is 48.7 Å². The topological polar surface area (TPSA) is 72.6 Å². The molecule has 0 aliphatic carbocycles. The van der Waals surface area contributed by atoms with Crippen LogP contribution in [0.3, 0.4) is 0 Å². The van der Waals surface area contributed by atoms with Crippen molar-refractivity contribution in [3.8, 4) is 11.5 Å². The maximum absolute atomic E-state index is 12.7. The van der Waals surface area contributed by atoms with E-state index in [9.17, 15) is 4.79 Å². The van der Waals surface area contributed by atoms with Crippen LogP contribution in [-0.4, -0.2) is 45.4 Å². The minimum atomic E-state index is -0.158. The lowest BCUT2D eigenvalue weighted by Crippen LogP contribution is -2.27. The first-order valence-electron chi connectivity index (χ1n) is 9.71. The predicted octanol–water partition coefficient (Wildman–Crippen LogP) is 3.86. The van der Waals surface area contributed by atoms with Gasteiger partial charge in [0.2, 0.25) is 5.91 Å². The Balaban J connectivity index is 1.95. The summed E-state index contributed by atoms with van der Waals surface area (Å²) < 4.78 is 16.0. The first kappa shape index (κ1) is 20.7. The van der Waals surface area contributed by atoms with E-state index in [0.29, 0.717) is 31.1 Å². The van der Waals surface area contributed by atoms with Crippen molar-refractivity contribution < 1.29 is 19.0 Å². The second kappa shape index (κ2) is 9.98. The SMILES string of the molecule is COCCCNC(=O)CC(c1ccc(OC)cc1OC)c1c[nH]c2ccccc12. The Morgan fingerprint density at radius 3 is 2.66 bits per heavy atom. The molecule has 0 aliphatic rings. The van der Waals surface area contributed by atoms with Crippen molar-refractivity contribution in [2.24, 2.45) is 0 Å². The molecule has 6 nitrogen and oxygen atoms in total. The van der Waals surface area contributed by atoms with E-state index in [4.69, 9.17) is 14.2 Å². The summed E-state index contributed by atoms with van der Waals surface area (Å²) in [5, 5.41) is 4.09. The summed E-state index contributed by atoms with van der Waals surface area (Å²) in [7, 11) is 4.92. The van der Waals surface area contributed by atoms with Crippen molar-refractivity contribution >= 4 is 16.8 Å². The van der Waals surface area contributed by atoms with E-state index in [1.54, 1.807) is 21.3 Å². The van der Waals surface area contributed by atoms with Crippen LogP contribution in [0.1, 0.15) is 29.9 Å². The molecular formula is C23H28N2O4. The summed E-state index contributed by atoms with van der Waals surface area (Å²) in [5.74, 6) is 1.25. The van der Waals surface area contributed by atoms with Crippen LogP contribution in [0.25, 0.3) is 10.9 Å². The highest BCUT2D eigenvalue weighted by Crippen LogP contribution is 2.39. The Bertz CT molecular complexity index is 951. The summed E-state index contributed by atoms with van der Waals surface area (Å²) in [5.41, 5.74) is 3.06. The molecule has 2 aromatic carbocycles. The van der Waals surface area contributed by atoms with E-state index < -0.39 is 0 Å². The standard InChI is InChI=1S/C23H28N2O4/c1-27-12-6-11-24-23(26)14-19(18-10-9-16(28-2)13-22(18)29-3)20-15-25-21-8-5-4-7-17(20)21/h4-5,7-10,13,15,19,25H,6,11-12,14H2,1-3H3,(H,24,26). The Kier molecular flexibility index (Phi) is 7.14. The van der Waals surface area contributed by atoms with Gasteiger partial charge in [-0.2, -0.15) is 0 Å². The van der Waals surface area contributed by atoms with E-state index in [1.807, 2.05) is 42.6 Å². The summed E-state index contributed by atoms with van der Waals surface area (Å²) in [6.45, 7) is 1.21. The molecule has 0 spiro atoms. The minimum absolute atomic E-state index is 0.00532. The largest absolute Gasteiger partial charge is 0.497 e. The molecule has 154 valence electrons. The van der Waals surface area contributed by atoms with Crippen LogP contribution in [0.2, 0.25) is 0 Å². The highest BCUT2D eigenvalue weighted by molar-refractivity contribution is 5.86. The van der Waals surface area contributed by atoms with Crippen LogP contribution in [-0.2, 0) is 9.53 Å².